The predicted octanol–water partition coefficient (Wildman–Crippen LogP) is 3.71. The molecule has 1 heterocycles. The normalized spacial score (nSPS) is 12.7. The molecule has 0 saturated carbocycles. The third kappa shape index (κ3) is 5.55. The zero-order valence-electron chi connectivity index (χ0n) is 13.4. The van der Waals surface area contributed by atoms with E-state index in [1.165, 1.54) is 0 Å². The number of nitrogens with zero attached hydrogens (tertiary/aromatic N) is 1. The van der Waals surface area contributed by atoms with E-state index in [4.69, 9.17) is 0 Å². The molecule has 0 bridgehead atoms. The fourth-order valence-corrected chi connectivity index (χ4v) is 1.64. The van der Waals surface area contributed by atoms with Gasteiger partial charge in [-0.15, -0.1) is 0 Å². The Morgan fingerprint density at radius 1 is 1.20 bits per heavy atom. The Hall–Kier alpha value is -1.64. The highest BCUT2D eigenvalue weighted by Gasteiger charge is 2.15. The lowest BCUT2D eigenvalue weighted by molar-refractivity contribution is 0.0957. The summed E-state index contributed by atoms with van der Waals surface area (Å²) in [6, 6.07) is 3.75. The Morgan fingerprint density at radius 3 is 2.30 bits per heavy atom. The second-order valence-electron chi connectivity index (χ2n) is 7.16. The van der Waals surface area contributed by atoms with E-state index in [2.05, 4.69) is 57.9 Å². The summed E-state index contributed by atoms with van der Waals surface area (Å²) in [5.74, 6) is -0.0866. The topological polar surface area (TPSA) is 42.0 Å². The van der Waals surface area contributed by atoms with Crippen LogP contribution in [0.4, 0.5) is 0 Å². The number of allylic oxidation sites excluding steroid dienone is 1. The molecule has 0 aliphatic carbocycles. The van der Waals surface area contributed by atoms with Crippen molar-refractivity contribution in [1.29, 1.82) is 0 Å². The van der Waals surface area contributed by atoms with Crippen molar-refractivity contribution in [3.05, 3.63) is 41.7 Å². The average Bonchev–Trinajstić information content (AvgIpc) is 2.32. The van der Waals surface area contributed by atoms with E-state index in [1.807, 2.05) is 18.2 Å². The van der Waals surface area contributed by atoms with Crippen LogP contribution in [0.3, 0.4) is 0 Å². The summed E-state index contributed by atoms with van der Waals surface area (Å²) in [6.45, 7) is 13.2. The van der Waals surface area contributed by atoms with Crippen molar-refractivity contribution in [2.45, 2.75) is 47.0 Å². The molecule has 0 fully saturated rings. The minimum atomic E-state index is -0.0866. The molecule has 3 heteroatoms. The van der Waals surface area contributed by atoms with Crippen LogP contribution in [0.2, 0.25) is 0 Å². The fourth-order valence-electron chi connectivity index (χ4n) is 1.64. The SMILES string of the molecule is CC(C)(C)C=CCNC(=O)c1ccc(C(C)(C)C)nc1. The van der Waals surface area contributed by atoms with Gasteiger partial charge in [0.15, 0.2) is 0 Å². The molecule has 0 aromatic carbocycles. The second kappa shape index (κ2) is 6.21. The first-order chi connectivity index (χ1) is 9.09. The van der Waals surface area contributed by atoms with Gasteiger partial charge in [0.1, 0.15) is 0 Å². The lowest BCUT2D eigenvalue weighted by Crippen LogP contribution is -2.24. The van der Waals surface area contributed by atoms with E-state index in [0.717, 1.165) is 5.69 Å². The number of pyridine rings is 1. The first-order valence-corrected chi connectivity index (χ1v) is 7.02. The highest BCUT2D eigenvalue weighted by molar-refractivity contribution is 5.93. The quantitative estimate of drug-likeness (QED) is 0.854. The van der Waals surface area contributed by atoms with Gasteiger partial charge in [0.05, 0.1) is 5.56 Å². The smallest absolute Gasteiger partial charge is 0.253 e. The van der Waals surface area contributed by atoms with E-state index in [9.17, 15) is 4.79 Å². The Bertz CT molecular complexity index is 473. The molecule has 1 rings (SSSR count). The molecule has 110 valence electrons. The van der Waals surface area contributed by atoms with Gasteiger partial charge in [-0.1, -0.05) is 53.7 Å². The van der Waals surface area contributed by atoms with Gasteiger partial charge in [0.25, 0.3) is 5.91 Å². The molecular weight excluding hydrogens is 248 g/mol. The first kappa shape index (κ1) is 16.4. The number of hydrogen-bond acceptors (Lipinski definition) is 2. The van der Waals surface area contributed by atoms with Crippen LogP contribution >= 0.6 is 0 Å². The number of carbonyl (C=O) groups excluding carboxylic acids is 1. The average molecular weight is 274 g/mol. The lowest BCUT2D eigenvalue weighted by atomic mass is 9.91. The van der Waals surface area contributed by atoms with Gasteiger partial charge in [-0.3, -0.25) is 9.78 Å². The fraction of sp³-hybridized carbons (Fsp3) is 0.529. The monoisotopic (exact) mass is 274 g/mol. The molecule has 0 aliphatic rings. The first-order valence-electron chi connectivity index (χ1n) is 7.02. The predicted molar refractivity (Wildman–Crippen MR) is 83.9 cm³/mol. The zero-order chi connectivity index (χ0) is 15.4. The van der Waals surface area contributed by atoms with Gasteiger partial charge >= 0.3 is 0 Å². The largest absolute Gasteiger partial charge is 0.349 e. The Labute approximate surface area is 122 Å². The molecule has 0 spiro atoms. The number of hydrogen-bond donors (Lipinski definition) is 1. The van der Waals surface area contributed by atoms with E-state index in [-0.39, 0.29) is 16.7 Å². The second-order valence-corrected chi connectivity index (χ2v) is 7.16. The molecule has 1 aromatic rings. The number of rotatable bonds is 3. The van der Waals surface area contributed by atoms with E-state index < -0.39 is 0 Å². The molecule has 0 unspecified atom stereocenters. The highest BCUT2D eigenvalue weighted by atomic mass is 16.1. The van der Waals surface area contributed by atoms with Crippen LogP contribution in [0.1, 0.15) is 57.6 Å². The van der Waals surface area contributed by atoms with Crippen LogP contribution in [0.25, 0.3) is 0 Å². The standard InChI is InChI=1S/C17H26N2O/c1-16(2,3)10-7-11-18-15(20)13-8-9-14(19-12-13)17(4,5)6/h7-10,12H,11H2,1-6H3,(H,18,20). The summed E-state index contributed by atoms with van der Waals surface area (Å²) in [6.07, 6.45) is 5.71. The Morgan fingerprint density at radius 2 is 1.85 bits per heavy atom. The minimum Gasteiger partial charge on any atom is -0.349 e. The van der Waals surface area contributed by atoms with E-state index >= 15 is 0 Å². The van der Waals surface area contributed by atoms with E-state index in [1.54, 1.807) is 6.20 Å². The third-order valence-electron chi connectivity index (χ3n) is 2.79. The number of aromatic nitrogens is 1. The molecule has 0 saturated heterocycles. The zero-order valence-corrected chi connectivity index (χ0v) is 13.4. The lowest BCUT2D eigenvalue weighted by Gasteiger charge is -2.17. The van der Waals surface area contributed by atoms with Crippen molar-refractivity contribution in [3.8, 4) is 0 Å². The molecule has 0 atom stereocenters. The van der Waals surface area contributed by atoms with Crippen molar-refractivity contribution in [2.75, 3.05) is 6.54 Å². The summed E-state index contributed by atoms with van der Waals surface area (Å²) < 4.78 is 0. The Balaban J connectivity index is 2.59. The van der Waals surface area contributed by atoms with Crippen molar-refractivity contribution >= 4 is 5.91 Å². The summed E-state index contributed by atoms with van der Waals surface area (Å²) in [7, 11) is 0. The van der Waals surface area contributed by atoms with Crippen LogP contribution in [0, 0.1) is 5.41 Å². The van der Waals surface area contributed by atoms with Crippen LogP contribution in [0.15, 0.2) is 30.5 Å². The molecular formula is C17H26N2O. The summed E-state index contributed by atoms with van der Waals surface area (Å²) >= 11 is 0. The van der Waals surface area contributed by atoms with Crippen molar-refractivity contribution < 1.29 is 4.79 Å². The van der Waals surface area contributed by atoms with E-state index in [0.29, 0.717) is 12.1 Å². The van der Waals surface area contributed by atoms with Gasteiger partial charge in [-0.25, -0.2) is 0 Å². The van der Waals surface area contributed by atoms with Crippen molar-refractivity contribution in [3.63, 3.8) is 0 Å². The van der Waals surface area contributed by atoms with Gasteiger partial charge in [0, 0.05) is 23.9 Å². The molecule has 1 aromatic heterocycles. The highest BCUT2D eigenvalue weighted by Crippen LogP contribution is 2.19. The minimum absolute atomic E-state index is 0.00442. The van der Waals surface area contributed by atoms with Crippen molar-refractivity contribution in [1.82, 2.24) is 10.3 Å². The molecule has 3 nitrogen and oxygen atoms in total. The number of carbonyl (C=O) groups is 1. The molecule has 1 N–H and O–H groups in total. The maximum absolute atomic E-state index is 11.9. The van der Waals surface area contributed by atoms with Crippen LogP contribution in [-0.4, -0.2) is 17.4 Å². The molecule has 1 amide bonds. The number of amides is 1. The molecule has 20 heavy (non-hydrogen) atoms. The maximum atomic E-state index is 11.9. The van der Waals surface area contributed by atoms with Gasteiger partial charge < -0.3 is 5.32 Å². The summed E-state index contributed by atoms with van der Waals surface area (Å²) in [5.41, 5.74) is 1.73. The number of nitrogens with one attached hydrogen (secondary N) is 1. The molecule has 0 radical (unpaired) electrons. The van der Waals surface area contributed by atoms with Crippen LogP contribution in [0.5, 0.6) is 0 Å². The van der Waals surface area contributed by atoms with Gasteiger partial charge in [-0.05, 0) is 17.5 Å². The van der Waals surface area contributed by atoms with Crippen LogP contribution in [-0.2, 0) is 5.41 Å². The summed E-state index contributed by atoms with van der Waals surface area (Å²) in [4.78, 5) is 16.3. The Kier molecular flexibility index (Phi) is 5.09. The maximum Gasteiger partial charge on any atom is 0.253 e. The van der Waals surface area contributed by atoms with Gasteiger partial charge in [0.2, 0.25) is 0 Å². The van der Waals surface area contributed by atoms with Crippen LogP contribution < -0.4 is 5.32 Å². The van der Waals surface area contributed by atoms with Gasteiger partial charge in [-0.2, -0.15) is 0 Å². The third-order valence-corrected chi connectivity index (χ3v) is 2.79. The van der Waals surface area contributed by atoms with Crippen molar-refractivity contribution in [2.24, 2.45) is 5.41 Å². The molecule has 0 aliphatic heterocycles. The summed E-state index contributed by atoms with van der Waals surface area (Å²) in [5, 5.41) is 2.86.